The fourth-order valence-electron chi connectivity index (χ4n) is 3.51. The van der Waals surface area contributed by atoms with Gasteiger partial charge >= 0.3 is 6.18 Å². The maximum absolute atomic E-state index is 13.7. The van der Waals surface area contributed by atoms with E-state index in [1.807, 2.05) is 17.0 Å². The second-order valence-electron chi connectivity index (χ2n) is 7.14. The number of hydrogen-bond donors (Lipinski definition) is 3. The zero-order valence-corrected chi connectivity index (χ0v) is 16.1. The van der Waals surface area contributed by atoms with Crippen molar-refractivity contribution in [1.82, 2.24) is 10.7 Å². The number of carbonyl (C=O) groups is 1. The topological polar surface area (TPSA) is 70.4 Å². The van der Waals surface area contributed by atoms with E-state index >= 15 is 0 Å². The Bertz CT molecular complexity index is 831. The molecule has 2 aromatic carbocycles. The highest BCUT2D eigenvalue weighted by Gasteiger charge is 2.33. The van der Waals surface area contributed by atoms with Crippen LogP contribution in [0.2, 0.25) is 0 Å². The third-order valence-corrected chi connectivity index (χ3v) is 5.11. The number of hydrogen-bond acceptors (Lipinski definition) is 4. The minimum Gasteiger partial charge on any atom is -0.369 e. The van der Waals surface area contributed by atoms with Crippen LogP contribution in [0.3, 0.4) is 0 Å². The number of halogens is 3. The van der Waals surface area contributed by atoms with E-state index in [0.29, 0.717) is 37.2 Å². The SMILES string of the molecule is NNC(=O)Cc1ccc(CCc2ccc(N3CCNCC3)cc2C(F)(F)F)cc1. The molecule has 0 bridgehead atoms. The normalized spacial score (nSPS) is 14.7. The molecular formula is C21H25F3N4O. The first-order valence-electron chi connectivity index (χ1n) is 9.60. The summed E-state index contributed by atoms with van der Waals surface area (Å²) in [4.78, 5) is 13.3. The van der Waals surface area contributed by atoms with Crippen LogP contribution in [0.4, 0.5) is 18.9 Å². The molecule has 156 valence electrons. The van der Waals surface area contributed by atoms with Crippen LogP contribution in [0.15, 0.2) is 42.5 Å². The van der Waals surface area contributed by atoms with Gasteiger partial charge in [0.25, 0.3) is 0 Å². The lowest BCUT2D eigenvalue weighted by molar-refractivity contribution is -0.138. The Morgan fingerprint density at radius 1 is 1.03 bits per heavy atom. The molecule has 0 unspecified atom stereocenters. The third-order valence-electron chi connectivity index (χ3n) is 5.11. The van der Waals surface area contributed by atoms with Crippen molar-refractivity contribution in [2.75, 3.05) is 31.1 Å². The van der Waals surface area contributed by atoms with Gasteiger partial charge in [0, 0.05) is 31.9 Å². The number of nitrogens with one attached hydrogen (secondary N) is 2. The number of alkyl halides is 3. The van der Waals surface area contributed by atoms with Gasteiger partial charge in [-0.2, -0.15) is 13.2 Å². The average Bonchev–Trinajstić information content (AvgIpc) is 2.73. The van der Waals surface area contributed by atoms with Crippen molar-refractivity contribution in [2.24, 2.45) is 5.84 Å². The van der Waals surface area contributed by atoms with Crippen LogP contribution in [0.25, 0.3) is 0 Å². The number of nitrogens with two attached hydrogens (primary N) is 1. The van der Waals surface area contributed by atoms with Gasteiger partial charge in [-0.25, -0.2) is 5.84 Å². The standard InChI is InChI=1S/C21H25F3N4O/c22-21(23,24)19-14-18(28-11-9-26-10-12-28)8-7-17(19)6-5-15-1-3-16(4-2-15)13-20(29)27-25/h1-4,7-8,14,26H,5-6,9-13,25H2,(H,27,29). The van der Waals surface area contributed by atoms with E-state index < -0.39 is 11.7 Å². The van der Waals surface area contributed by atoms with Crippen LogP contribution >= 0.6 is 0 Å². The third kappa shape index (κ3) is 5.71. The molecule has 1 amide bonds. The van der Waals surface area contributed by atoms with Crippen LogP contribution in [0.5, 0.6) is 0 Å². The van der Waals surface area contributed by atoms with Gasteiger partial charge in [0.1, 0.15) is 0 Å². The molecule has 0 atom stereocenters. The molecule has 0 spiro atoms. The predicted molar refractivity (Wildman–Crippen MR) is 106 cm³/mol. The molecule has 0 radical (unpaired) electrons. The molecule has 0 saturated carbocycles. The predicted octanol–water partition coefficient (Wildman–Crippen LogP) is 2.43. The van der Waals surface area contributed by atoms with Crippen LogP contribution in [0.1, 0.15) is 22.3 Å². The Kier molecular flexibility index (Phi) is 6.76. The van der Waals surface area contributed by atoms with Crippen molar-refractivity contribution in [3.63, 3.8) is 0 Å². The molecule has 29 heavy (non-hydrogen) atoms. The van der Waals surface area contributed by atoms with Gasteiger partial charge in [0.15, 0.2) is 0 Å². The van der Waals surface area contributed by atoms with Crippen molar-refractivity contribution in [3.8, 4) is 0 Å². The van der Waals surface area contributed by atoms with E-state index in [4.69, 9.17) is 5.84 Å². The molecule has 5 nitrogen and oxygen atoms in total. The molecule has 1 aliphatic rings. The van der Waals surface area contributed by atoms with Crippen LogP contribution in [-0.2, 0) is 30.2 Å². The summed E-state index contributed by atoms with van der Waals surface area (Å²) in [6.45, 7) is 2.94. The average molecular weight is 406 g/mol. The highest BCUT2D eigenvalue weighted by molar-refractivity contribution is 5.77. The van der Waals surface area contributed by atoms with Gasteiger partial charge in [0.2, 0.25) is 5.91 Å². The quantitative estimate of drug-likeness (QED) is 0.392. The number of benzene rings is 2. The van der Waals surface area contributed by atoms with Crippen molar-refractivity contribution >= 4 is 11.6 Å². The van der Waals surface area contributed by atoms with Crippen LogP contribution in [-0.4, -0.2) is 32.1 Å². The lowest BCUT2D eigenvalue weighted by Crippen LogP contribution is -2.43. The Labute approximate surface area is 168 Å². The number of amides is 1. The largest absolute Gasteiger partial charge is 0.416 e. The molecule has 2 aromatic rings. The fraction of sp³-hybridized carbons (Fsp3) is 0.381. The summed E-state index contributed by atoms with van der Waals surface area (Å²) in [7, 11) is 0. The van der Waals surface area contributed by atoms with Gasteiger partial charge < -0.3 is 10.2 Å². The number of carbonyl (C=O) groups excluding carboxylic acids is 1. The number of anilines is 1. The summed E-state index contributed by atoms with van der Waals surface area (Å²) in [5.41, 5.74) is 4.13. The van der Waals surface area contributed by atoms with Gasteiger partial charge in [-0.05, 0) is 41.7 Å². The first-order chi connectivity index (χ1) is 13.9. The molecule has 0 aromatic heterocycles. The smallest absolute Gasteiger partial charge is 0.369 e. The molecule has 1 saturated heterocycles. The second kappa shape index (κ2) is 9.28. The summed E-state index contributed by atoms with van der Waals surface area (Å²) in [5.74, 6) is 4.78. The highest BCUT2D eigenvalue weighted by Crippen LogP contribution is 2.35. The van der Waals surface area contributed by atoms with E-state index in [1.54, 1.807) is 24.3 Å². The maximum atomic E-state index is 13.7. The molecule has 8 heteroatoms. The fourth-order valence-corrected chi connectivity index (χ4v) is 3.51. The Morgan fingerprint density at radius 2 is 1.69 bits per heavy atom. The van der Waals surface area contributed by atoms with Gasteiger partial charge in [0.05, 0.1) is 12.0 Å². The summed E-state index contributed by atoms with van der Waals surface area (Å²) in [6.07, 6.45) is -3.44. The second-order valence-corrected chi connectivity index (χ2v) is 7.14. The molecule has 1 heterocycles. The monoisotopic (exact) mass is 406 g/mol. The highest BCUT2D eigenvalue weighted by atomic mass is 19.4. The van der Waals surface area contributed by atoms with E-state index in [2.05, 4.69) is 10.7 Å². The summed E-state index contributed by atoms with van der Waals surface area (Å²) in [5, 5.41) is 3.20. The zero-order valence-electron chi connectivity index (χ0n) is 16.1. The number of piperazine rings is 1. The first-order valence-corrected chi connectivity index (χ1v) is 9.60. The van der Waals surface area contributed by atoms with E-state index in [0.717, 1.165) is 24.2 Å². The number of hydrazine groups is 1. The molecule has 1 aliphatic heterocycles. The maximum Gasteiger partial charge on any atom is 0.416 e. The van der Waals surface area contributed by atoms with Crippen molar-refractivity contribution < 1.29 is 18.0 Å². The van der Waals surface area contributed by atoms with Crippen molar-refractivity contribution in [3.05, 3.63) is 64.7 Å². The van der Waals surface area contributed by atoms with Crippen molar-refractivity contribution in [1.29, 1.82) is 0 Å². The first kappa shape index (κ1) is 21.1. The molecule has 3 rings (SSSR count). The summed E-state index contributed by atoms with van der Waals surface area (Å²) >= 11 is 0. The minimum absolute atomic E-state index is 0.169. The zero-order chi connectivity index (χ0) is 20.9. The van der Waals surface area contributed by atoms with Crippen LogP contribution in [0, 0.1) is 0 Å². The summed E-state index contributed by atoms with van der Waals surface area (Å²) in [6, 6.07) is 11.9. The summed E-state index contributed by atoms with van der Waals surface area (Å²) < 4.78 is 41.0. The molecule has 1 fully saturated rings. The van der Waals surface area contributed by atoms with Crippen molar-refractivity contribution in [2.45, 2.75) is 25.4 Å². The lowest BCUT2D eigenvalue weighted by Gasteiger charge is -2.30. The lowest BCUT2D eigenvalue weighted by atomic mass is 9.97. The van der Waals surface area contributed by atoms with E-state index in [-0.39, 0.29) is 12.3 Å². The number of nitrogens with zero attached hydrogens (tertiary/aromatic N) is 1. The Morgan fingerprint density at radius 3 is 2.31 bits per heavy atom. The molecule has 0 aliphatic carbocycles. The van der Waals surface area contributed by atoms with E-state index in [9.17, 15) is 18.0 Å². The minimum atomic E-state index is -4.39. The Balaban J connectivity index is 1.72. The number of rotatable bonds is 6. The van der Waals surface area contributed by atoms with Gasteiger partial charge in [-0.3, -0.25) is 10.2 Å². The van der Waals surface area contributed by atoms with Crippen LogP contribution < -0.4 is 21.5 Å². The van der Waals surface area contributed by atoms with E-state index in [1.165, 1.54) is 6.07 Å². The van der Waals surface area contributed by atoms with Gasteiger partial charge in [-0.1, -0.05) is 30.3 Å². The molecule has 4 N–H and O–H groups in total. The Hall–Kier alpha value is -2.58. The van der Waals surface area contributed by atoms with Gasteiger partial charge in [-0.15, -0.1) is 0 Å². The number of aryl methyl sites for hydroxylation is 2. The molecular weight excluding hydrogens is 381 g/mol.